The van der Waals surface area contributed by atoms with E-state index in [-0.39, 0.29) is 0 Å². The number of rotatable bonds is 1. The van der Waals surface area contributed by atoms with Gasteiger partial charge in [0.05, 0.1) is 6.26 Å². The normalized spacial score (nSPS) is 20.3. The second-order valence-electron chi connectivity index (χ2n) is 2.93. The molecule has 4 nitrogen and oxygen atoms in total. The molecule has 1 rings (SSSR count). The van der Waals surface area contributed by atoms with E-state index in [0.717, 1.165) is 0 Å². The van der Waals surface area contributed by atoms with Crippen molar-refractivity contribution in [1.82, 2.24) is 9.21 Å². The zero-order chi connectivity index (χ0) is 10.1. The molecule has 1 aliphatic rings. The number of thiol groups is 1. The molecule has 1 heterocycles. The Hall–Kier alpha value is 0.150. The van der Waals surface area contributed by atoms with E-state index in [9.17, 15) is 8.42 Å². The minimum Gasteiger partial charge on any atom is -0.355 e. The van der Waals surface area contributed by atoms with Crippen LogP contribution in [0.25, 0.3) is 0 Å². The highest BCUT2D eigenvalue weighted by molar-refractivity contribution is 8.10. The summed E-state index contributed by atoms with van der Waals surface area (Å²) in [6, 6.07) is 0. The number of nitrogens with zero attached hydrogens (tertiary/aromatic N) is 2. The highest BCUT2D eigenvalue weighted by atomic mass is 32.2. The molecule has 0 aliphatic carbocycles. The van der Waals surface area contributed by atoms with Crippen LogP contribution >= 0.6 is 24.8 Å². The summed E-state index contributed by atoms with van der Waals surface area (Å²) in [6.45, 7) is 2.27. The molecule has 0 aromatic heterocycles. The monoisotopic (exact) mass is 240 g/mol. The molecule has 0 saturated carbocycles. The van der Waals surface area contributed by atoms with Crippen LogP contribution in [0.1, 0.15) is 0 Å². The third kappa shape index (κ3) is 3.08. The fourth-order valence-electron chi connectivity index (χ4n) is 1.21. The molecule has 76 valence electrons. The van der Waals surface area contributed by atoms with E-state index in [0.29, 0.717) is 30.5 Å². The summed E-state index contributed by atoms with van der Waals surface area (Å²) in [4.78, 5) is 1.89. The fourth-order valence-corrected chi connectivity index (χ4v) is 2.42. The minimum atomic E-state index is -3.04. The lowest BCUT2D eigenvalue weighted by Gasteiger charge is -2.33. The van der Waals surface area contributed by atoms with E-state index < -0.39 is 10.0 Å². The van der Waals surface area contributed by atoms with Gasteiger partial charge < -0.3 is 4.90 Å². The van der Waals surface area contributed by atoms with Crippen LogP contribution in [0.5, 0.6) is 0 Å². The Bertz CT molecular complexity index is 293. The second kappa shape index (κ2) is 4.12. The van der Waals surface area contributed by atoms with Crippen LogP contribution in [-0.2, 0) is 10.0 Å². The van der Waals surface area contributed by atoms with Gasteiger partial charge in [0, 0.05) is 26.2 Å². The molecule has 0 radical (unpaired) electrons. The van der Waals surface area contributed by atoms with Crippen molar-refractivity contribution in [3.8, 4) is 0 Å². The summed E-state index contributed by atoms with van der Waals surface area (Å²) in [5.41, 5.74) is 0. The lowest BCUT2D eigenvalue weighted by atomic mass is 10.4. The number of thiocarbonyl (C=S) groups is 1. The van der Waals surface area contributed by atoms with Crippen molar-refractivity contribution in [1.29, 1.82) is 0 Å². The molecule has 1 fully saturated rings. The number of piperazine rings is 1. The maximum atomic E-state index is 11.1. The van der Waals surface area contributed by atoms with Gasteiger partial charge in [-0.2, -0.15) is 4.31 Å². The van der Waals surface area contributed by atoms with Crippen molar-refractivity contribution in [2.24, 2.45) is 0 Å². The average Bonchev–Trinajstić information content (AvgIpc) is 2.03. The van der Waals surface area contributed by atoms with E-state index in [1.807, 2.05) is 4.90 Å². The highest BCUT2D eigenvalue weighted by Gasteiger charge is 2.23. The van der Waals surface area contributed by atoms with Gasteiger partial charge in [-0.3, -0.25) is 0 Å². The van der Waals surface area contributed by atoms with Crippen molar-refractivity contribution < 1.29 is 8.42 Å². The van der Waals surface area contributed by atoms with E-state index in [1.165, 1.54) is 10.6 Å². The Morgan fingerprint density at radius 2 is 1.77 bits per heavy atom. The van der Waals surface area contributed by atoms with Gasteiger partial charge in [0.2, 0.25) is 10.0 Å². The standard InChI is InChI=1S/C6H12N2O2S3/c1-13(9,10)8-4-2-7(3-5-8)6(11)12/h2-5H2,1H3,(H,11,12). The van der Waals surface area contributed by atoms with Crippen LogP contribution in [0.2, 0.25) is 0 Å². The van der Waals surface area contributed by atoms with Gasteiger partial charge in [0.15, 0.2) is 0 Å². The van der Waals surface area contributed by atoms with Crippen LogP contribution < -0.4 is 0 Å². The topological polar surface area (TPSA) is 40.6 Å². The van der Waals surface area contributed by atoms with Crippen LogP contribution in [-0.4, -0.2) is 54.4 Å². The Morgan fingerprint density at radius 3 is 2.08 bits per heavy atom. The predicted octanol–water partition coefficient (Wildman–Crippen LogP) is -0.222. The zero-order valence-corrected chi connectivity index (χ0v) is 9.83. The van der Waals surface area contributed by atoms with Crippen LogP contribution in [0.4, 0.5) is 0 Å². The summed E-state index contributed by atoms with van der Waals surface area (Å²) in [7, 11) is -3.04. The highest BCUT2D eigenvalue weighted by Crippen LogP contribution is 2.07. The second-order valence-corrected chi connectivity index (χ2v) is 6.03. The zero-order valence-electron chi connectivity index (χ0n) is 7.30. The molecule has 0 aromatic rings. The number of sulfonamides is 1. The average molecular weight is 240 g/mol. The largest absolute Gasteiger partial charge is 0.355 e. The molecule has 1 saturated heterocycles. The van der Waals surface area contributed by atoms with Gasteiger partial charge in [0.25, 0.3) is 0 Å². The van der Waals surface area contributed by atoms with Gasteiger partial charge in [0.1, 0.15) is 4.32 Å². The van der Waals surface area contributed by atoms with Crippen molar-refractivity contribution in [3.05, 3.63) is 0 Å². The molecule has 0 atom stereocenters. The van der Waals surface area contributed by atoms with E-state index in [2.05, 4.69) is 12.6 Å². The molecular weight excluding hydrogens is 228 g/mol. The predicted molar refractivity (Wildman–Crippen MR) is 59.6 cm³/mol. The van der Waals surface area contributed by atoms with Crippen molar-refractivity contribution in [2.45, 2.75) is 0 Å². The lowest BCUT2D eigenvalue weighted by molar-refractivity contribution is 0.273. The third-order valence-electron chi connectivity index (χ3n) is 1.98. The summed E-state index contributed by atoms with van der Waals surface area (Å²) in [5, 5.41) is 0. The first-order valence-corrected chi connectivity index (χ1v) is 6.54. The molecule has 13 heavy (non-hydrogen) atoms. The van der Waals surface area contributed by atoms with Gasteiger partial charge in [-0.15, -0.1) is 12.6 Å². The maximum Gasteiger partial charge on any atom is 0.211 e. The molecular formula is C6H12N2O2S3. The lowest BCUT2D eigenvalue weighted by Crippen LogP contribution is -2.48. The molecule has 0 amide bonds. The summed E-state index contributed by atoms with van der Waals surface area (Å²) >= 11 is 8.90. The molecule has 0 aromatic carbocycles. The van der Waals surface area contributed by atoms with Crippen molar-refractivity contribution in [2.75, 3.05) is 32.4 Å². The van der Waals surface area contributed by atoms with Crippen molar-refractivity contribution in [3.63, 3.8) is 0 Å². The summed E-state index contributed by atoms with van der Waals surface area (Å²) in [6.07, 6.45) is 1.22. The van der Waals surface area contributed by atoms with Gasteiger partial charge in [-0.1, -0.05) is 12.2 Å². The molecule has 0 spiro atoms. The smallest absolute Gasteiger partial charge is 0.211 e. The fraction of sp³-hybridized carbons (Fsp3) is 0.833. The molecule has 1 aliphatic heterocycles. The first-order chi connectivity index (χ1) is 5.91. The molecule has 0 N–H and O–H groups in total. The Labute approximate surface area is 89.4 Å². The van der Waals surface area contributed by atoms with Gasteiger partial charge >= 0.3 is 0 Å². The molecule has 7 heteroatoms. The Kier molecular flexibility index (Phi) is 3.56. The SMILES string of the molecule is CS(=O)(=O)N1CCN(C(=S)S)CC1. The van der Waals surface area contributed by atoms with E-state index in [4.69, 9.17) is 12.2 Å². The Morgan fingerprint density at radius 1 is 1.31 bits per heavy atom. The first-order valence-electron chi connectivity index (χ1n) is 3.84. The number of hydrogen-bond donors (Lipinski definition) is 1. The van der Waals surface area contributed by atoms with Crippen LogP contribution in [0, 0.1) is 0 Å². The van der Waals surface area contributed by atoms with Crippen LogP contribution in [0.3, 0.4) is 0 Å². The van der Waals surface area contributed by atoms with Crippen LogP contribution in [0.15, 0.2) is 0 Å². The molecule has 0 unspecified atom stereocenters. The van der Waals surface area contributed by atoms with E-state index in [1.54, 1.807) is 0 Å². The summed E-state index contributed by atoms with van der Waals surface area (Å²) in [5.74, 6) is 0. The van der Waals surface area contributed by atoms with Gasteiger partial charge in [-0.25, -0.2) is 8.42 Å². The quantitative estimate of drug-likeness (QED) is 0.508. The third-order valence-corrected chi connectivity index (χ3v) is 3.82. The van der Waals surface area contributed by atoms with Crippen molar-refractivity contribution >= 4 is 39.2 Å². The number of hydrogen-bond acceptors (Lipinski definition) is 3. The summed E-state index contributed by atoms with van der Waals surface area (Å²) < 4.78 is 24.2. The van der Waals surface area contributed by atoms with E-state index >= 15 is 0 Å². The Balaban J connectivity index is 2.53. The maximum absolute atomic E-state index is 11.1. The van der Waals surface area contributed by atoms with Gasteiger partial charge in [-0.05, 0) is 0 Å². The minimum absolute atomic E-state index is 0.500. The first kappa shape index (κ1) is 11.2. The molecule has 0 bridgehead atoms.